The molecule has 0 bridgehead atoms. The zero-order chi connectivity index (χ0) is 8.81. The summed E-state index contributed by atoms with van der Waals surface area (Å²) < 4.78 is 6.40. The van der Waals surface area contributed by atoms with Crippen LogP contribution in [0, 0.1) is 0 Å². The summed E-state index contributed by atoms with van der Waals surface area (Å²) in [5.74, 6) is 0. The van der Waals surface area contributed by atoms with Gasteiger partial charge in [0.15, 0.2) is 0 Å². The van der Waals surface area contributed by atoms with E-state index in [0.717, 1.165) is 24.1 Å². The van der Waals surface area contributed by atoms with Gasteiger partial charge in [-0.1, -0.05) is 28.1 Å². The van der Waals surface area contributed by atoms with Gasteiger partial charge in [-0.3, -0.25) is 0 Å². The van der Waals surface area contributed by atoms with Gasteiger partial charge in [-0.15, -0.1) is 0 Å². The van der Waals surface area contributed by atoms with Gasteiger partial charge >= 0.3 is 0 Å². The van der Waals surface area contributed by atoms with E-state index in [0.29, 0.717) is 0 Å². The molecule has 0 N–H and O–H groups in total. The van der Waals surface area contributed by atoms with Crippen LogP contribution in [0.4, 0.5) is 0 Å². The molecule has 0 spiro atoms. The van der Waals surface area contributed by atoms with Crippen molar-refractivity contribution in [3.05, 3.63) is 34.3 Å². The lowest BCUT2D eigenvalue weighted by Gasteiger charge is -2.01. The topological polar surface area (TPSA) is 9.23 Å². The van der Waals surface area contributed by atoms with Gasteiger partial charge < -0.3 is 4.74 Å². The summed E-state index contributed by atoms with van der Waals surface area (Å²) in [6.45, 7) is 3.63. The summed E-state index contributed by atoms with van der Waals surface area (Å²) in [4.78, 5) is 0. The average Bonchev–Trinajstić information content (AvgIpc) is 2.05. The molecule has 0 saturated carbocycles. The molecule has 0 saturated heterocycles. The normalized spacial score (nSPS) is 10.2. The van der Waals surface area contributed by atoms with Crippen LogP contribution in [0.25, 0.3) is 0 Å². The van der Waals surface area contributed by atoms with Crippen LogP contribution in [0.15, 0.2) is 28.7 Å². The van der Waals surface area contributed by atoms with Crippen molar-refractivity contribution in [3.63, 3.8) is 0 Å². The maximum Gasteiger partial charge on any atom is 0.0506 e. The third-order valence-corrected chi connectivity index (χ3v) is 2.12. The summed E-state index contributed by atoms with van der Waals surface area (Å²) >= 11 is 3.43. The van der Waals surface area contributed by atoms with E-state index in [1.54, 1.807) is 0 Å². The van der Waals surface area contributed by atoms with Gasteiger partial charge in [0.2, 0.25) is 0 Å². The van der Waals surface area contributed by atoms with Crippen molar-refractivity contribution in [1.82, 2.24) is 0 Å². The molecule has 0 fully saturated rings. The summed E-state index contributed by atoms with van der Waals surface area (Å²) in [5.41, 5.74) is 1.32. The van der Waals surface area contributed by atoms with Crippen molar-refractivity contribution >= 4 is 15.9 Å². The molecule has 12 heavy (non-hydrogen) atoms. The summed E-state index contributed by atoms with van der Waals surface area (Å²) in [5, 5.41) is 0. The van der Waals surface area contributed by atoms with Crippen LogP contribution >= 0.6 is 15.9 Å². The van der Waals surface area contributed by atoms with E-state index >= 15 is 0 Å². The Kier molecular flexibility index (Phi) is 4.33. The highest BCUT2D eigenvalue weighted by molar-refractivity contribution is 9.10. The molecule has 0 heterocycles. The minimum Gasteiger partial charge on any atom is -0.381 e. The van der Waals surface area contributed by atoms with Crippen LogP contribution in [0.3, 0.4) is 0 Å². The Labute approximate surface area is 81.9 Å². The number of rotatable bonds is 4. The molecule has 0 unspecified atom stereocenters. The van der Waals surface area contributed by atoms with E-state index in [2.05, 4.69) is 28.1 Å². The van der Waals surface area contributed by atoms with Gasteiger partial charge in [0.05, 0.1) is 6.61 Å². The van der Waals surface area contributed by atoms with Crippen LogP contribution in [-0.4, -0.2) is 13.2 Å². The minimum absolute atomic E-state index is 0.800. The van der Waals surface area contributed by atoms with E-state index in [1.165, 1.54) is 5.56 Å². The summed E-state index contributed by atoms with van der Waals surface area (Å²) in [7, 11) is 0. The van der Waals surface area contributed by atoms with Crippen LogP contribution < -0.4 is 0 Å². The van der Waals surface area contributed by atoms with Crippen LogP contribution in [0.5, 0.6) is 0 Å². The first-order chi connectivity index (χ1) is 5.83. The zero-order valence-electron chi connectivity index (χ0n) is 7.22. The molecule has 0 radical (unpaired) electrons. The lowest BCUT2D eigenvalue weighted by molar-refractivity contribution is 0.151. The second-order valence-electron chi connectivity index (χ2n) is 2.58. The zero-order valence-corrected chi connectivity index (χ0v) is 8.80. The molecule has 66 valence electrons. The van der Waals surface area contributed by atoms with Gasteiger partial charge in [-0.2, -0.15) is 0 Å². The first-order valence-electron chi connectivity index (χ1n) is 4.15. The number of hydrogen-bond acceptors (Lipinski definition) is 1. The van der Waals surface area contributed by atoms with Crippen molar-refractivity contribution < 1.29 is 4.74 Å². The second-order valence-corrected chi connectivity index (χ2v) is 3.49. The Morgan fingerprint density at radius 3 is 2.92 bits per heavy atom. The largest absolute Gasteiger partial charge is 0.381 e. The van der Waals surface area contributed by atoms with E-state index in [9.17, 15) is 0 Å². The predicted molar refractivity (Wildman–Crippen MR) is 54.3 cm³/mol. The minimum atomic E-state index is 0.800. The molecule has 0 aliphatic heterocycles. The molecular weight excluding hydrogens is 216 g/mol. The first-order valence-corrected chi connectivity index (χ1v) is 4.94. The molecule has 2 heteroatoms. The third-order valence-electron chi connectivity index (χ3n) is 1.63. The van der Waals surface area contributed by atoms with E-state index in [1.807, 2.05) is 19.1 Å². The van der Waals surface area contributed by atoms with Gasteiger partial charge in [-0.25, -0.2) is 0 Å². The van der Waals surface area contributed by atoms with Gasteiger partial charge in [0.1, 0.15) is 0 Å². The molecule has 1 aromatic rings. The maximum atomic E-state index is 5.26. The Morgan fingerprint density at radius 2 is 2.25 bits per heavy atom. The third kappa shape index (κ3) is 3.37. The molecule has 1 nitrogen and oxygen atoms in total. The molecule has 0 aliphatic carbocycles. The number of ether oxygens (including phenoxy) is 1. The molecule has 0 atom stereocenters. The monoisotopic (exact) mass is 228 g/mol. The highest BCUT2D eigenvalue weighted by atomic mass is 79.9. The number of benzene rings is 1. The van der Waals surface area contributed by atoms with Crippen molar-refractivity contribution in [2.24, 2.45) is 0 Å². The standard InChI is InChI=1S/C10H13BrO/c1-2-12-7-6-9-4-3-5-10(11)8-9/h3-5,8H,2,6-7H2,1H3. The smallest absolute Gasteiger partial charge is 0.0506 e. The molecule has 0 amide bonds. The van der Waals surface area contributed by atoms with Crippen molar-refractivity contribution in [3.8, 4) is 0 Å². The van der Waals surface area contributed by atoms with Gasteiger partial charge in [-0.05, 0) is 31.0 Å². The van der Waals surface area contributed by atoms with Crippen LogP contribution in [-0.2, 0) is 11.2 Å². The Morgan fingerprint density at radius 1 is 1.42 bits per heavy atom. The number of halogens is 1. The lowest BCUT2D eigenvalue weighted by atomic mass is 10.2. The Bertz CT molecular complexity index is 235. The Balaban J connectivity index is 2.41. The highest BCUT2D eigenvalue weighted by Crippen LogP contribution is 2.11. The quantitative estimate of drug-likeness (QED) is 0.721. The fourth-order valence-corrected chi connectivity index (χ4v) is 1.47. The molecule has 0 aromatic heterocycles. The highest BCUT2D eigenvalue weighted by Gasteiger charge is 1.92. The van der Waals surface area contributed by atoms with Gasteiger partial charge in [0, 0.05) is 11.1 Å². The second kappa shape index (κ2) is 5.33. The predicted octanol–water partition coefficient (Wildman–Crippen LogP) is 3.03. The van der Waals surface area contributed by atoms with Crippen molar-refractivity contribution in [2.75, 3.05) is 13.2 Å². The lowest BCUT2D eigenvalue weighted by Crippen LogP contribution is -1.97. The SMILES string of the molecule is CCOCCc1cccc(Br)c1. The summed E-state index contributed by atoms with van der Waals surface area (Å²) in [6.07, 6.45) is 0.993. The van der Waals surface area contributed by atoms with Crippen LogP contribution in [0.1, 0.15) is 12.5 Å². The van der Waals surface area contributed by atoms with Gasteiger partial charge in [0.25, 0.3) is 0 Å². The van der Waals surface area contributed by atoms with Crippen molar-refractivity contribution in [1.29, 1.82) is 0 Å². The maximum absolute atomic E-state index is 5.26. The fourth-order valence-electron chi connectivity index (χ4n) is 1.03. The number of hydrogen-bond donors (Lipinski definition) is 0. The first kappa shape index (κ1) is 9.75. The van der Waals surface area contributed by atoms with Crippen LogP contribution in [0.2, 0.25) is 0 Å². The molecule has 1 aromatic carbocycles. The molecular formula is C10H13BrO. The van der Waals surface area contributed by atoms with E-state index < -0.39 is 0 Å². The van der Waals surface area contributed by atoms with E-state index in [4.69, 9.17) is 4.74 Å². The van der Waals surface area contributed by atoms with E-state index in [-0.39, 0.29) is 0 Å². The molecule has 1 rings (SSSR count). The van der Waals surface area contributed by atoms with Crippen molar-refractivity contribution in [2.45, 2.75) is 13.3 Å². The summed E-state index contributed by atoms with van der Waals surface area (Å²) in [6, 6.07) is 8.32. The Hall–Kier alpha value is -0.340. The fraction of sp³-hybridized carbons (Fsp3) is 0.400. The average molecular weight is 229 g/mol. The molecule has 0 aliphatic rings.